The van der Waals surface area contributed by atoms with E-state index in [0.29, 0.717) is 5.69 Å². The molecule has 2 aromatic rings. The molecule has 8 heteroatoms. The normalized spacial score (nSPS) is 12.2. The minimum atomic E-state index is -0.606. The molecule has 0 bridgehead atoms. The van der Waals surface area contributed by atoms with Crippen LogP contribution in [0.5, 0.6) is 0 Å². The molecule has 22 heavy (non-hydrogen) atoms. The van der Waals surface area contributed by atoms with Gasteiger partial charge in [0.15, 0.2) is 0 Å². The number of ether oxygens (including phenoxy) is 1. The molecule has 0 aliphatic rings. The van der Waals surface area contributed by atoms with Gasteiger partial charge in [-0.1, -0.05) is 19.0 Å². The molecule has 0 fully saturated rings. The number of aromatic amines is 1. The number of carbonyl (C=O) groups excluding carboxylic acids is 2. The molecular formula is C14H18N4O4. The number of hydrogen-bond donors (Lipinski definition) is 2. The van der Waals surface area contributed by atoms with Crippen LogP contribution in [-0.2, 0) is 16.0 Å². The Kier molecular flexibility index (Phi) is 4.92. The molecule has 0 aliphatic carbocycles. The molecule has 2 heterocycles. The van der Waals surface area contributed by atoms with E-state index in [0.717, 1.165) is 5.69 Å². The van der Waals surface area contributed by atoms with Gasteiger partial charge in [-0.2, -0.15) is 0 Å². The zero-order valence-electron chi connectivity index (χ0n) is 12.6. The van der Waals surface area contributed by atoms with Gasteiger partial charge in [0.2, 0.25) is 11.7 Å². The quantitative estimate of drug-likeness (QED) is 0.777. The predicted octanol–water partition coefficient (Wildman–Crippen LogP) is 1.24. The lowest BCUT2D eigenvalue weighted by atomic mass is 10.0. The van der Waals surface area contributed by atoms with Crippen LogP contribution in [0.15, 0.2) is 23.1 Å². The molecule has 0 aliphatic heterocycles. The molecule has 8 nitrogen and oxygen atoms in total. The molecule has 0 saturated heterocycles. The molecule has 2 aromatic heterocycles. The zero-order chi connectivity index (χ0) is 16.1. The first-order valence-corrected chi connectivity index (χ1v) is 6.82. The lowest BCUT2D eigenvalue weighted by Crippen LogP contribution is -2.33. The second-order valence-corrected chi connectivity index (χ2v) is 5.15. The number of H-pyrrole nitrogens is 1. The van der Waals surface area contributed by atoms with E-state index >= 15 is 0 Å². The van der Waals surface area contributed by atoms with E-state index in [2.05, 4.69) is 25.2 Å². The second kappa shape index (κ2) is 6.88. The van der Waals surface area contributed by atoms with E-state index in [4.69, 9.17) is 4.52 Å². The summed E-state index contributed by atoms with van der Waals surface area (Å²) >= 11 is 0. The second-order valence-electron chi connectivity index (χ2n) is 5.15. The Morgan fingerprint density at radius 1 is 1.45 bits per heavy atom. The van der Waals surface area contributed by atoms with Crippen LogP contribution in [0.4, 0.5) is 0 Å². The minimum Gasteiger partial charge on any atom is -0.463 e. The van der Waals surface area contributed by atoms with Crippen molar-refractivity contribution < 1.29 is 18.8 Å². The molecule has 0 radical (unpaired) electrons. The van der Waals surface area contributed by atoms with Crippen molar-refractivity contribution in [1.82, 2.24) is 20.4 Å². The molecular weight excluding hydrogens is 288 g/mol. The van der Waals surface area contributed by atoms with E-state index in [1.54, 1.807) is 6.20 Å². The highest BCUT2D eigenvalue weighted by Crippen LogP contribution is 2.22. The van der Waals surface area contributed by atoms with Gasteiger partial charge in [0.25, 0.3) is 0 Å². The van der Waals surface area contributed by atoms with Gasteiger partial charge in [-0.15, -0.1) is 0 Å². The van der Waals surface area contributed by atoms with Crippen molar-refractivity contribution in [3.63, 3.8) is 0 Å². The fourth-order valence-electron chi connectivity index (χ4n) is 1.99. The minimum absolute atomic E-state index is 0.00552. The largest absolute Gasteiger partial charge is 0.463 e. The van der Waals surface area contributed by atoms with E-state index in [-0.39, 0.29) is 30.0 Å². The Morgan fingerprint density at radius 2 is 2.23 bits per heavy atom. The van der Waals surface area contributed by atoms with Gasteiger partial charge in [0, 0.05) is 18.0 Å². The van der Waals surface area contributed by atoms with Crippen molar-refractivity contribution >= 4 is 11.9 Å². The standard InChI is InChI=1S/C14H18N4O4/c1-8(2)13(10-5-11(22-18-10)14(20)21-3)17-12(19)4-9-6-15-7-16-9/h5-8,13H,4H2,1-3H3,(H,15,16)(H,17,19)/t13-/m0/s1. The lowest BCUT2D eigenvalue weighted by Gasteiger charge is -2.19. The van der Waals surface area contributed by atoms with E-state index in [9.17, 15) is 9.59 Å². The molecule has 1 amide bonds. The summed E-state index contributed by atoms with van der Waals surface area (Å²) in [7, 11) is 1.26. The number of hydrogen-bond acceptors (Lipinski definition) is 6. The van der Waals surface area contributed by atoms with Crippen molar-refractivity contribution in [2.45, 2.75) is 26.3 Å². The number of nitrogens with zero attached hydrogens (tertiary/aromatic N) is 2. The van der Waals surface area contributed by atoms with Crippen molar-refractivity contribution in [2.75, 3.05) is 7.11 Å². The van der Waals surface area contributed by atoms with Gasteiger partial charge in [-0.3, -0.25) is 4.79 Å². The summed E-state index contributed by atoms with van der Waals surface area (Å²) in [6, 6.07) is 1.12. The molecule has 0 aromatic carbocycles. The van der Waals surface area contributed by atoms with Crippen LogP contribution in [0.1, 0.15) is 41.8 Å². The summed E-state index contributed by atoms with van der Waals surface area (Å²) < 4.78 is 9.51. The smallest absolute Gasteiger partial charge is 0.376 e. The maximum absolute atomic E-state index is 12.1. The average molecular weight is 306 g/mol. The highest BCUT2D eigenvalue weighted by atomic mass is 16.5. The van der Waals surface area contributed by atoms with Gasteiger partial charge < -0.3 is 19.6 Å². The number of carbonyl (C=O) groups is 2. The van der Waals surface area contributed by atoms with E-state index in [1.807, 2.05) is 13.8 Å². The molecule has 2 rings (SSSR count). The van der Waals surface area contributed by atoms with Crippen LogP contribution in [-0.4, -0.2) is 34.1 Å². The van der Waals surface area contributed by atoms with Crippen LogP contribution in [0, 0.1) is 5.92 Å². The van der Waals surface area contributed by atoms with E-state index < -0.39 is 5.97 Å². The van der Waals surface area contributed by atoms with Crippen molar-refractivity contribution in [2.24, 2.45) is 5.92 Å². The average Bonchev–Trinajstić information content (AvgIpc) is 3.14. The summed E-state index contributed by atoms with van der Waals surface area (Å²) in [6.45, 7) is 3.88. The maximum Gasteiger partial charge on any atom is 0.376 e. The molecule has 118 valence electrons. The van der Waals surface area contributed by atoms with Gasteiger partial charge in [-0.05, 0) is 5.92 Å². The molecule has 2 N–H and O–H groups in total. The Balaban J connectivity index is 2.08. The summed E-state index contributed by atoms with van der Waals surface area (Å²) in [5, 5.41) is 6.73. The number of rotatable bonds is 6. The third-order valence-electron chi connectivity index (χ3n) is 3.12. The third kappa shape index (κ3) is 3.72. The number of methoxy groups -OCH3 is 1. The van der Waals surface area contributed by atoms with Crippen molar-refractivity contribution in [1.29, 1.82) is 0 Å². The number of esters is 1. The maximum atomic E-state index is 12.1. The summed E-state index contributed by atoms with van der Waals surface area (Å²) in [4.78, 5) is 30.2. The van der Waals surface area contributed by atoms with E-state index in [1.165, 1.54) is 19.5 Å². The van der Waals surface area contributed by atoms with Gasteiger partial charge >= 0.3 is 5.97 Å². The van der Waals surface area contributed by atoms with Crippen LogP contribution in [0.3, 0.4) is 0 Å². The van der Waals surface area contributed by atoms with Gasteiger partial charge in [-0.25, -0.2) is 9.78 Å². The number of aromatic nitrogens is 3. The first kappa shape index (κ1) is 15.7. The van der Waals surface area contributed by atoms with Crippen LogP contribution >= 0.6 is 0 Å². The first-order valence-electron chi connectivity index (χ1n) is 6.82. The topological polar surface area (TPSA) is 110 Å². The van der Waals surface area contributed by atoms with Gasteiger partial charge in [0.05, 0.1) is 25.9 Å². The number of amides is 1. The fourth-order valence-corrected chi connectivity index (χ4v) is 1.99. The number of nitrogens with one attached hydrogen (secondary N) is 2. The molecule has 0 spiro atoms. The van der Waals surface area contributed by atoms with Crippen molar-refractivity contribution in [3.05, 3.63) is 35.7 Å². The Labute approximate surface area is 127 Å². The van der Waals surface area contributed by atoms with Gasteiger partial charge in [0.1, 0.15) is 5.69 Å². The first-order chi connectivity index (χ1) is 10.5. The SMILES string of the molecule is COC(=O)c1cc([C@@H](NC(=O)Cc2cnc[nH]2)C(C)C)no1. The lowest BCUT2D eigenvalue weighted by molar-refractivity contribution is -0.121. The predicted molar refractivity (Wildman–Crippen MR) is 75.9 cm³/mol. The van der Waals surface area contributed by atoms with Crippen LogP contribution < -0.4 is 5.32 Å². The summed E-state index contributed by atoms with van der Waals surface area (Å²) in [5.41, 5.74) is 1.20. The Hall–Kier alpha value is -2.64. The Morgan fingerprint density at radius 3 is 2.82 bits per heavy atom. The Bertz CT molecular complexity index is 633. The monoisotopic (exact) mass is 306 g/mol. The number of imidazole rings is 1. The summed E-state index contributed by atoms with van der Waals surface area (Å²) in [5.74, 6) is -0.706. The molecule has 0 unspecified atom stereocenters. The summed E-state index contributed by atoms with van der Waals surface area (Å²) in [6.07, 6.45) is 3.29. The highest BCUT2D eigenvalue weighted by molar-refractivity contribution is 5.86. The zero-order valence-corrected chi connectivity index (χ0v) is 12.6. The van der Waals surface area contributed by atoms with Crippen LogP contribution in [0.2, 0.25) is 0 Å². The van der Waals surface area contributed by atoms with Crippen molar-refractivity contribution in [3.8, 4) is 0 Å². The molecule has 1 atom stereocenters. The highest BCUT2D eigenvalue weighted by Gasteiger charge is 2.24. The fraction of sp³-hybridized carbons (Fsp3) is 0.429. The van der Waals surface area contributed by atoms with Crippen LogP contribution in [0.25, 0.3) is 0 Å². The third-order valence-corrected chi connectivity index (χ3v) is 3.12. The molecule has 0 saturated carbocycles.